The van der Waals surface area contributed by atoms with Crippen molar-refractivity contribution in [2.45, 2.75) is 20.3 Å². The van der Waals surface area contributed by atoms with E-state index in [4.69, 9.17) is 0 Å². The minimum Gasteiger partial charge on any atom is -0.161 e. The fraction of sp³-hybridized carbons (Fsp3) is 1.00. The van der Waals surface area contributed by atoms with Crippen LogP contribution in [0.5, 0.6) is 0 Å². The summed E-state index contributed by atoms with van der Waals surface area (Å²) in [6, 6.07) is 0. The SMILES string of the molecule is CCC1(C)CSC1. The third-order valence-corrected chi connectivity index (χ3v) is 3.56. The Morgan fingerprint density at radius 3 is 2.14 bits per heavy atom. The lowest BCUT2D eigenvalue weighted by atomic mass is 9.92. The Labute approximate surface area is 49.7 Å². The average Bonchev–Trinajstić information content (AvgIpc) is 1.61. The summed E-state index contributed by atoms with van der Waals surface area (Å²) in [6.45, 7) is 4.64. The molecule has 0 unspecified atom stereocenters. The van der Waals surface area contributed by atoms with Gasteiger partial charge in [-0.1, -0.05) is 13.8 Å². The first-order chi connectivity index (χ1) is 3.27. The van der Waals surface area contributed by atoms with Crippen molar-refractivity contribution in [2.24, 2.45) is 5.41 Å². The first-order valence-corrected chi connectivity index (χ1v) is 4.00. The summed E-state index contributed by atoms with van der Waals surface area (Å²) in [5.74, 6) is 2.78. The van der Waals surface area contributed by atoms with Crippen LogP contribution in [0, 0.1) is 5.41 Å². The van der Waals surface area contributed by atoms with E-state index in [1.807, 2.05) is 0 Å². The molecule has 1 aliphatic rings. The predicted molar refractivity (Wildman–Crippen MR) is 35.7 cm³/mol. The number of hydrogen-bond donors (Lipinski definition) is 0. The molecule has 0 aromatic carbocycles. The van der Waals surface area contributed by atoms with E-state index in [0.29, 0.717) is 0 Å². The van der Waals surface area contributed by atoms with Crippen LogP contribution < -0.4 is 0 Å². The quantitative estimate of drug-likeness (QED) is 0.506. The van der Waals surface area contributed by atoms with Crippen LogP contribution in [0.3, 0.4) is 0 Å². The molecule has 0 bridgehead atoms. The van der Waals surface area contributed by atoms with Crippen molar-refractivity contribution in [2.75, 3.05) is 11.5 Å². The van der Waals surface area contributed by atoms with Gasteiger partial charge in [0.2, 0.25) is 0 Å². The normalized spacial score (nSPS) is 26.6. The first kappa shape index (κ1) is 5.49. The Hall–Kier alpha value is 0.350. The minimum absolute atomic E-state index is 0.727. The Bertz CT molecular complexity index is 59.1. The second-order valence-corrected chi connectivity index (χ2v) is 3.64. The molecule has 0 amide bonds. The molecular formula is C6H12S. The Kier molecular flexibility index (Phi) is 1.33. The molecule has 7 heavy (non-hydrogen) atoms. The van der Waals surface area contributed by atoms with Crippen LogP contribution in [0.15, 0.2) is 0 Å². The van der Waals surface area contributed by atoms with Gasteiger partial charge in [-0.3, -0.25) is 0 Å². The molecule has 0 N–H and O–H groups in total. The predicted octanol–water partition coefficient (Wildman–Crippen LogP) is 2.15. The van der Waals surface area contributed by atoms with Crippen molar-refractivity contribution >= 4 is 11.8 Å². The van der Waals surface area contributed by atoms with Gasteiger partial charge in [0.15, 0.2) is 0 Å². The largest absolute Gasteiger partial charge is 0.161 e. The summed E-state index contributed by atoms with van der Waals surface area (Å²) in [5, 5.41) is 0. The van der Waals surface area contributed by atoms with Gasteiger partial charge >= 0.3 is 0 Å². The molecule has 1 heterocycles. The lowest BCUT2D eigenvalue weighted by molar-refractivity contribution is 0.392. The third-order valence-electron chi connectivity index (χ3n) is 1.75. The zero-order chi connectivity index (χ0) is 5.33. The molecule has 1 fully saturated rings. The maximum Gasteiger partial charge on any atom is -0.000544 e. The molecule has 42 valence electrons. The van der Waals surface area contributed by atoms with E-state index in [-0.39, 0.29) is 0 Å². The zero-order valence-electron chi connectivity index (χ0n) is 5.03. The highest BCUT2D eigenvalue weighted by molar-refractivity contribution is 8.00. The summed E-state index contributed by atoms with van der Waals surface area (Å²) >= 11 is 2.07. The Morgan fingerprint density at radius 2 is 2.14 bits per heavy atom. The fourth-order valence-electron chi connectivity index (χ4n) is 0.655. The monoisotopic (exact) mass is 116 g/mol. The van der Waals surface area contributed by atoms with E-state index in [9.17, 15) is 0 Å². The van der Waals surface area contributed by atoms with Crippen LogP contribution >= 0.6 is 11.8 Å². The van der Waals surface area contributed by atoms with Crippen LogP contribution in [0.2, 0.25) is 0 Å². The summed E-state index contributed by atoms with van der Waals surface area (Å²) in [4.78, 5) is 0. The maximum atomic E-state index is 2.36. The highest BCUT2D eigenvalue weighted by Gasteiger charge is 2.29. The highest BCUT2D eigenvalue weighted by Crippen LogP contribution is 2.39. The third kappa shape index (κ3) is 0.933. The standard InChI is InChI=1S/C6H12S/c1-3-6(2)4-7-5-6/h3-5H2,1-2H3. The molecule has 0 aromatic heterocycles. The molecule has 0 spiro atoms. The summed E-state index contributed by atoms with van der Waals surface area (Å²) in [5.41, 5.74) is 0.727. The van der Waals surface area contributed by atoms with Crippen LogP contribution in [0.4, 0.5) is 0 Å². The van der Waals surface area contributed by atoms with Crippen LogP contribution in [0.1, 0.15) is 20.3 Å². The van der Waals surface area contributed by atoms with E-state index in [1.165, 1.54) is 17.9 Å². The molecule has 1 aliphatic heterocycles. The molecule has 1 rings (SSSR count). The van der Waals surface area contributed by atoms with Gasteiger partial charge in [0.25, 0.3) is 0 Å². The van der Waals surface area contributed by atoms with Gasteiger partial charge in [0.1, 0.15) is 0 Å². The van der Waals surface area contributed by atoms with Gasteiger partial charge in [-0.15, -0.1) is 0 Å². The van der Waals surface area contributed by atoms with Crippen molar-refractivity contribution in [3.8, 4) is 0 Å². The van der Waals surface area contributed by atoms with E-state index >= 15 is 0 Å². The molecule has 0 radical (unpaired) electrons. The number of thioether (sulfide) groups is 1. The molecule has 0 aliphatic carbocycles. The zero-order valence-corrected chi connectivity index (χ0v) is 5.85. The van der Waals surface area contributed by atoms with E-state index in [1.54, 1.807) is 0 Å². The van der Waals surface area contributed by atoms with Crippen molar-refractivity contribution in [3.05, 3.63) is 0 Å². The summed E-state index contributed by atoms with van der Waals surface area (Å²) < 4.78 is 0. The van der Waals surface area contributed by atoms with E-state index in [2.05, 4.69) is 25.6 Å². The molecular weight excluding hydrogens is 104 g/mol. The van der Waals surface area contributed by atoms with Gasteiger partial charge in [-0.2, -0.15) is 11.8 Å². The average molecular weight is 116 g/mol. The lowest BCUT2D eigenvalue weighted by Crippen LogP contribution is -2.30. The molecule has 0 nitrogen and oxygen atoms in total. The van der Waals surface area contributed by atoms with Gasteiger partial charge in [-0.25, -0.2) is 0 Å². The van der Waals surface area contributed by atoms with E-state index in [0.717, 1.165) is 5.41 Å². The minimum atomic E-state index is 0.727. The van der Waals surface area contributed by atoms with Crippen LogP contribution in [0.25, 0.3) is 0 Å². The van der Waals surface area contributed by atoms with Crippen molar-refractivity contribution < 1.29 is 0 Å². The summed E-state index contributed by atoms with van der Waals surface area (Å²) in [6.07, 6.45) is 1.36. The lowest BCUT2D eigenvalue weighted by Gasteiger charge is -2.36. The van der Waals surface area contributed by atoms with Crippen molar-refractivity contribution in [1.29, 1.82) is 0 Å². The highest BCUT2D eigenvalue weighted by atomic mass is 32.2. The number of rotatable bonds is 1. The smallest absolute Gasteiger partial charge is 0.000544 e. The van der Waals surface area contributed by atoms with Gasteiger partial charge in [0.05, 0.1) is 0 Å². The van der Waals surface area contributed by atoms with Crippen molar-refractivity contribution in [1.82, 2.24) is 0 Å². The van der Waals surface area contributed by atoms with Gasteiger partial charge in [0, 0.05) is 0 Å². The van der Waals surface area contributed by atoms with Gasteiger partial charge < -0.3 is 0 Å². The molecule has 0 saturated carbocycles. The Morgan fingerprint density at radius 1 is 1.57 bits per heavy atom. The van der Waals surface area contributed by atoms with Crippen molar-refractivity contribution in [3.63, 3.8) is 0 Å². The fourth-order valence-corrected chi connectivity index (χ4v) is 1.96. The van der Waals surface area contributed by atoms with Crippen LogP contribution in [-0.4, -0.2) is 11.5 Å². The molecule has 0 atom stereocenters. The second-order valence-electron chi connectivity index (χ2n) is 2.66. The van der Waals surface area contributed by atoms with Crippen LogP contribution in [-0.2, 0) is 0 Å². The summed E-state index contributed by atoms with van der Waals surface area (Å²) in [7, 11) is 0. The number of hydrogen-bond acceptors (Lipinski definition) is 1. The maximum absolute atomic E-state index is 2.36. The van der Waals surface area contributed by atoms with Gasteiger partial charge in [-0.05, 0) is 23.3 Å². The van der Waals surface area contributed by atoms with E-state index < -0.39 is 0 Å². The second kappa shape index (κ2) is 1.70. The Balaban J connectivity index is 2.29. The topological polar surface area (TPSA) is 0 Å². The first-order valence-electron chi connectivity index (χ1n) is 2.85. The molecule has 0 aromatic rings. The molecule has 1 saturated heterocycles. The molecule has 1 heteroatoms.